The van der Waals surface area contributed by atoms with Gasteiger partial charge in [0, 0.05) is 18.0 Å². The molecule has 0 unspecified atom stereocenters. The van der Waals surface area contributed by atoms with Crippen molar-refractivity contribution in [2.24, 2.45) is 0 Å². The third-order valence-electron chi connectivity index (χ3n) is 3.68. The van der Waals surface area contributed by atoms with Crippen molar-refractivity contribution in [2.75, 3.05) is 19.8 Å². The van der Waals surface area contributed by atoms with Gasteiger partial charge < -0.3 is 19.9 Å². The number of amides is 1. The van der Waals surface area contributed by atoms with E-state index in [0.29, 0.717) is 31.2 Å². The number of halogens is 1. The van der Waals surface area contributed by atoms with Gasteiger partial charge in [0.05, 0.1) is 6.42 Å². The minimum absolute atomic E-state index is 0.0183. The Balaban J connectivity index is 1.73. The number of rotatable bonds is 11. The minimum atomic E-state index is -0.982. The lowest BCUT2D eigenvalue weighted by atomic mass is 10.1. The molecule has 2 aromatic carbocycles. The Morgan fingerprint density at radius 2 is 1.67 bits per heavy atom. The standard InChI is InChI=1S/C20H22ClNO5/c21-16-5-7-17(8-6-16)26-13-14-27-18-4-2-1-3-15(18)11-12-22-19(23)9-10-20(24)25/h1-8H,9-14H2,(H,22,23)(H,24,25). The summed E-state index contributed by atoms with van der Waals surface area (Å²) in [5.41, 5.74) is 0.961. The number of hydrogen-bond donors (Lipinski definition) is 2. The third-order valence-corrected chi connectivity index (χ3v) is 3.93. The molecule has 0 aliphatic rings. The van der Waals surface area contributed by atoms with Crippen LogP contribution in [0.4, 0.5) is 0 Å². The molecule has 0 spiro atoms. The Labute approximate surface area is 163 Å². The van der Waals surface area contributed by atoms with Crippen LogP contribution >= 0.6 is 11.6 Å². The number of aliphatic carboxylic acids is 1. The van der Waals surface area contributed by atoms with Crippen molar-refractivity contribution in [1.82, 2.24) is 5.32 Å². The second-order valence-electron chi connectivity index (χ2n) is 5.75. The van der Waals surface area contributed by atoms with Crippen LogP contribution < -0.4 is 14.8 Å². The predicted octanol–water partition coefficient (Wildman–Crippen LogP) is 3.32. The van der Waals surface area contributed by atoms with E-state index in [1.807, 2.05) is 24.3 Å². The molecular formula is C20H22ClNO5. The van der Waals surface area contributed by atoms with Gasteiger partial charge in [0.25, 0.3) is 0 Å². The number of nitrogens with one attached hydrogen (secondary N) is 1. The molecule has 27 heavy (non-hydrogen) atoms. The summed E-state index contributed by atoms with van der Waals surface area (Å²) in [5, 5.41) is 11.9. The number of carboxylic acids is 1. The van der Waals surface area contributed by atoms with Gasteiger partial charge in [-0.2, -0.15) is 0 Å². The van der Waals surface area contributed by atoms with E-state index < -0.39 is 5.97 Å². The number of ether oxygens (including phenoxy) is 2. The quantitative estimate of drug-likeness (QED) is 0.574. The van der Waals surface area contributed by atoms with Gasteiger partial charge >= 0.3 is 5.97 Å². The normalized spacial score (nSPS) is 10.3. The van der Waals surface area contributed by atoms with Crippen molar-refractivity contribution < 1.29 is 24.2 Å². The fraction of sp³-hybridized carbons (Fsp3) is 0.300. The van der Waals surface area contributed by atoms with Crippen LogP contribution in [0.2, 0.25) is 5.02 Å². The molecule has 144 valence electrons. The lowest BCUT2D eigenvalue weighted by Crippen LogP contribution is -2.26. The van der Waals surface area contributed by atoms with Crippen LogP contribution in [0, 0.1) is 0 Å². The number of benzene rings is 2. The van der Waals surface area contributed by atoms with E-state index in [0.717, 1.165) is 17.1 Å². The highest BCUT2D eigenvalue weighted by atomic mass is 35.5. The summed E-state index contributed by atoms with van der Waals surface area (Å²) in [6.07, 6.45) is 0.404. The van der Waals surface area contributed by atoms with Crippen molar-refractivity contribution in [1.29, 1.82) is 0 Å². The van der Waals surface area contributed by atoms with E-state index in [-0.39, 0.29) is 18.7 Å². The summed E-state index contributed by atoms with van der Waals surface area (Å²) >= 11 is 5.83. The van der Waals surface area contributed by atoms with Gasteiger partial charge in [-0.05, 0) is 42.3 Å². The summed E-state index contributed by atoms with van der Waals surface area (Å²) in [6.45, 7) is 1.19. The highest BCUT2D eigenvalue weighted by Gasteiger charge is 2.07. The smallest absolute Gasteiger partial charge is 0.303 e. The number of hydrogen-bond acceptors (Lipinski definition) is 4. The zero-order chi connectivity index (χ0) is 19.5. The second-order valence-corrected chi connectivity index (χ2v) is 6.19. The van der Waals surface area contributed by atoms with Gasteiger partial charge in [0.2, 0.25) is 5.91 Å². The Bertz CT molecular complexity index is 748. The SMILES string of the molecule is O=C(O)CCC(=O)NCCc1ccccc1OCCOc1ccc(Cl)cc1. The van der Waals surface area contributed by atoms with E-state index in [9.17, 15) is 9.59 Å². The molecule has 0 aliphatic carbocycles. The number of para-hydroxylation sites is 1. The Morgan fingerprint density at radius 3 is 2.41 bits per heavy atom. The molecule has 0 aliphatic heterocycles. The van der Waals surface area contributed by atoms with Gasteiger partial charge in [-0.15, -0.1) is 0 Å². The molecular weight excluding hydrogens is 370 g/mol. The lowest BCUT2D eigenvalue weighted by molar-refractivity contribution is -0.138. The van der Waals surface area contributed by atoms with E-state index in [1.165, 1.54) is 0 Å². The molecule has 0 fully saturated rings. The molecule has 0 radical (unpaired) electrons. The van der Waals surface area contributed by atoms with E-state index in [1.54, 1.807) is 24.3 Å². The molecule has 2 aromatic rings. The van der Waals surface area contributed by atoms with Crippen molar-refractivity contribution in [3.63, 3.8) is 0 Å². The first kappa shape index (κ1) is 20.6. The zero-order valence-electron chi connectivity index (χ0n) is 14.8. The first-order chi connectivity index (χ1) is 13.0. The van der Waals surface area contributed by atoms with Crippen molar-refractivity contribution >= 4 is 23.5 Å². The van der Waals surface area contributed by atoms with Crippen LogP contribution in [0.15, 0.2) is 48.5 Å². The fourth-order valence-electron chi connectivity index (χ4n) is 2.34. The summed E-state index contributed by atoms with van der Waals surface area (Å²) in [4.78, 5) is 22.0. The molecule has 2 N–H and O–H groups in total. The second kappa shape index (κ2) is 11.1. The average molecular weight is 392 g/mol. The third kappa shape index (κ3) is 8.00. The van der Waals surface area contributed by atoms with Gasteiger partial charge in [0.1, 0.15) is 24.7 Å². The Morgan fingerprint density at radius 1 is 0.963 bits per heavy atom. The Kier molecular flexibility index (Phi) is 8.45. The highest BCUT2D eigenvalue weighted by molar-refractivity contribution is 6.30. The lowest BCUT2D eigenvalue weighted by Gasteiger charge is -2.12. The van der Waals surface area contributed by atoms with Crippen LogP contribution in [-0.2, 0) is 16.0 Å². The first-order valence-corrected chi connectivity index (χ1v) is 9.00. The van der Waals surface area contributed by atoms with Crippen LogP contribution in [0.3, 0.4) is 0 Å². The maximum atomic E-state index is 11.6. The summed E-state index contributed by atoms with van der Waals surface area (Å²) in [5.74, 6) is 0.203. The number of carbonyl (C=O) groups excluding carboxylic acids is 1. The van der Waals surface area contributed by atoms with E-state index in [4.69, 9.17) is 26.2 Å². The minimum Gasteiger partial charge on any atom is -0.490 e. The topological polar surface area (TPSA) is 84.9 Å². The maximum absolute atomic E-state index is 11.6. The van der Waals surface area contributed by atoms with Crippen LogP contribution in [0.25, 0.3) is 0 Å². The molecule has 6 nitrogen and oxygen atoms in total. The largest absolute Gasteiger partial charge is 0.490 e. The highest BCUT2D eigenvalue weighted by Crippen LogP contribution is 2.19. The van der Waals surface area contributed by atoms with Crippen LogP contribution in [0.1, 0.15) is 18.4 Å². The molecule has 2 rings (SSSR count). The van der Waals surface area contributed by atoms with Crippen molar-refractivity contribution in [2.45, 2.75) is 19.3 Å². The fourth-order valence-corrected chi connectivity index (χ4v) is 2.46. The summed E-state index contributed by atoms with van der Waals surface area (Å²) in [7, 11) is 0. The first-order valence-electron chi connectivity index (χ1n) is 8.62. The van der Waals surface area contributed by atoms with E-state index >= 15 is 0 Å². The molecule has 1 amide bonds. The molecule has 0 atom stereocenters. The molecule has 0 saturated heterocycles. The molecule has 0 aromatic heterocycles. The molecule has 0 heterocycles. The van der Waals surface area contributed by atoms with Crippen LogP contribution in [0.5, 0.6) is 11.5 Å². The summed E-state index contributed by atoms with van der Waals surface area (Å²) < 4.78 is 11.4. The molecule has 7 heteroatoms. The van der Waals surface area contributed by atoms with Gasteiger partial charge in [-0.25, -0.2) is 0 Å². The maximum Gasteiger partial charge on any atom is 0.303 e. The van der Waals surface area contributed by atoms with Gasteiger partial charge in [0.15, 0.2) is 0 Å². The van der Waals surface area contributed by atoms with E-state index in [2.05, 4.69) is 5.32 Å². The molecule has 0 bridgehead atoms. The van der Waals surface area contributed by atoms with Gasteiger partial charge in [-0.3, -0.25) is 9.59 Å². The predicted molar refractivity (Wildman–Crippen MR) is 102 cm³/mol. The van der Waals surface area contributed by atoms with Gasteiger partial charge in [-0.1, -0.05) is 29.8 Å². The average Bonchev–Trinajstić information content (AvgIpc) is 2.66. The molecule has 0 saturated carbocycles. The Hall–Kier alpha value is -2.73. The number of carboxylic acid groups (broad SMARTS) is 1. The summed E-state index contributed by atoms with van der Waals surface area (Å²) in [6, 6.07) is 14.7. The van der Waals surface area contributed by atoms with Crippen LogP contribution in [-0.4, -0.2) is 36.7 Å². The van der Waals surface area contributed by atoms with Crippen molar-refractivity contribution in [3.05, 3.63) is 59.1 Å². The monoisotopic (exact) mass is 391 g/mol. The van der Waals surface area contributed by atoms with Crippen molar-refractivity contribution in [3.8, 4) is 11.5 Å². The zero-order valence-corrected chi connectivity index (χ0v) is 15.6. The number of carbonyl (C=O) groups is 2.